The van der Waals surface area contributed by atoms with Crippen LogP contribution >= 0.6 is 0 Å². The van der Waals surface area contributed by atoms with E-state index in [9.17, 15) is 0 Å². The van der Waals surface area contributed by atoms with Gasteiger partial charge in [-0.25, -0.2) is 0 Å². The minimum Gasteiger partial charge on any atom is -0.368 e. The first-order valence-electron chi connectivity index (χ1n) is 6.14. The summed E-state index contributed by atoms with van der Waals surface area (Å²) < 4.78 is 0. The van der Waals surface area contributed by atoms with Crippen molar-refractivity contribution in [3.63, 3.8) is 0 Å². The minimum atomic E-state index is 0.148. The fraction of sp³-hybridized carbons (Fsp3) is 0.333. The van der Waals surface area contributed by atoms with E-state index < -0.39 is 0 Å². The monoisotopic (exact) mass is 237 g/mol. The molecule has 1 aliphatic rings. The Morgan fingerprint density at radius 2 is 2.06 bits per heavy atom. The lowest BCUT2D eigenvalue weighted by Gasteiger charge is -2.25. The molecule has 0 spiro atoms. The molecule has 0 aromatic heterocycles. The highest BCUT2D eigenvalue weighted by Gasteiger charge is 2.21. The van der Waals surface area contributed by atoms with Crippen LogP contribution in [0.5, 0.6) is 0 Å². The molecule has 1 atom stereocenters. The summed E-state index contributed by atoms with van der Waals surface area (Å²) in [4.78, 5) is 2.35. The van der Waals surface area contributed by atoms with E-state index in [4.69, 9.17) is 10.5 Å². The van der Waals surface area contributed by atoms with Gasteiger partial charge in [0.1, 0.15) is 17.7 Å². The van der Waals surface area contributed by atoms with Gasteiger partial charge in [0.2, 0.25) is 0 Å². The Morgan fingerprint density at radius 1 is 1.33 bits per heavy atom. The van der Waals surface area contributed by atoms with Gasteiger partial charge in [-0.1, -0.05) is 18.2 Å². The van der Waals surface area contributed by atoms with Crippen LogP contribution in [0.4, 0.5) is 5.69 Å². The maximum absolute atomic E-state index is 8.84. The highest BCUT2D eigenvalue weighted by atomic mass is 15.2. The summed E-state index contributed by atoms with van der Waals surface area (Å²) in [6.07, 6.45) is 4.06. The molecule has 0 aliphatic carbocycles. The molecule has 0 amide bonds. The van der Waals surface area contributed by atoms with E-state index in [-0.39, 0.29) is 5.57 Å². The smallest absolute Gasteiger partial charge is 0.130 e. The van der Waals surface area contributed by atoms with E-state index >= 15 is 0 Å². The van der Waals surface area contributed by atoms with E-state index in [1.54, 1.807) is 6.08 Å². The molecule has 0 radical (unpaired) electrons. The van der Waals surface area contributed by atoms with Crippen LogP contribution < -0.4 is 4.90 Å². The molecular formula is C15H15N3. The zero-order chi connectivity index (χ0) is 13.0. The molecule has 0 unspecified atom stereocenters. The Hall–Kier alpha value is -2.26. The molecule has 0 bridgehead atoms. The largest absolute Gasteiger partial charge is 0.368 e. The fourth-order valence-corrected chi connectivity index (χ4v) is 2.41. The van der Waals surface area contributed by atoms with Gasteiger partial charge in [-0.15, -0.1) is 0 Å². The molecule has 90 valence electrons. The molecular weight excluding hydrogens is 222 g/mol. The number of nitriles is 2. The van der Waals surface area contributed by atoms with E-state index in [1.807, 2.05) is 30.3 Å². The average molecular weight is 237 g/mol. The van der Waals surface area contributed by atoms with Crippen LogP contribution in [0.2, 0.25) is 0 Å². The van der Waals surface area contributed by atoms with Crippen molar-refractivity contribution in [1.82, 2.24) is 0 Å². The van der Waals surface area contributed by atoms with Crippen LogP contribution in [0.25, 0.3) is 6.08 Å². The second-order valence-corrected chi connectivity index (χ2v) is 4.53. The number of benzene rings is 1. The summed E-state index contributed by atoms with van der Waals surface area (Å²) in [5.74, 6) is 0. The summed E-state index contributed by atoms with van der Waals surface area (Å²) in [5.41, 5.74) is 2.21. The van der Waals surface area contributed by atoms with Crippen molar-refractivity contribution in [1.29, 1.82) is 10.5 Å². The van der Waals surface area contributed by atoms with Gasteiger partial charge in [-0.2, -0.15) is 10.5 Å². The lowest BCUT2D eigenvalue weighted by atomic mass is 10.1. The van der Waals surface area contributed by atoms with Crippen LogP contribution in [0.1, 0.15) is 25.3 Å². The summed E-state index contributed by atoms with van der Waals surface area (Å²) in [5, 5.41) is 17.7. The third-order valence-electron chi connectivity index (χ3n) is 3.34. The highest BCUT2D eigenvalue weighted by Crippen LogP contribution is 2.29. The lowest BCUT2D eigenvalue weighted by Crippen LogP contribution is -2.26. The summed E-state index contributed by atoms with van der Waals surface area (Å²) in [6, 6.07) is 12.3. The van der Waals surface area contributed by atoms with Crippen molar-refractivity contribution in [2.75, 3.05) is 11.4 Å². The van der Waals surface area contributed by atoms with Crippen molar-refractivity contribution < 1.29 is 0 Å². The Kier molecular flexibility index (Phi) is 3.65. The van der Waals surface area contributed by atoms with Crippen LogP contribution in [0, 0.1) is 22.7 Å². The van der Waals surface area contributed by atoms with Crippen LogP contribution in [0.15, 0.2) is 29.8 Å². The Balaban J connectivity index is 2.41. The Labute approximate surface area is 108 Å². The number of para-hydroxylation sites is 1. The van der Waals surface area contributed by atoms with E-state index in [0.29, 0.717) is 6.04 Å². The normalized spacial score (nSPS) is 17.9. The zero-order valence-corrected chi connectivity index (χ0v) is 10.4. The molecule has 1 fully saturated rings. The molecule has 1 aliphatic heterocycles. The second-order valence-electron chi connectivity index (χ2n) is 4.53. The van der Waals surface area contributed by atoms with Crippen molar-refractivity contribution in [2.24, 2.45) is 0 Å². The van der Waals surface area contributed by atoms with Gasteiger partial charge >= 0.3 is 0 Å². The molecule has 18 heavy (non-hydrogen) atoms. The van der Waals surface area contributed by atoms with Crippen LogP contribution in [-0.4, -0.2) is 12.6 Å². The van der Waals surface area contributed by atoms with Crippen LogP contribution in [0.3, 0.4) is 0 Å². The zero-order valence-electron chi connectivity index (χ0n) is 10.4. The number of rotatable bonds is 2. The maximum Gasteiger partial charge on any atom is 0.130 e. The van der Waals surface area contributed by atoms with Crippen molar-refractivity contribution in [2.45, 2.75) is 25.8 Å². The second kappa shape index (κ2) is 5.38. The van der Waals surface area contributed by atoms with Gasteiger partial charge in [0.25, 0.3) is 0 Å². The summed E-state index contributed by atoms with van der Waals surface area (Å²) in [6.45, 7) is 3.25. The molecule has 1 heterocycles. The maximum atomic E-state index is 8.84. The quantitative estimate of drug-likeness (QED) is 0.742. The minimum absolute atomic E-state index is 0.148. The standard InChI is InChI=1S/C15H15N3/c1-12-5-4-8-18(12)15-7-3-2-6-14(15)9-13(10-16)11-17/h2-3,6-7,9,12H,4-5,8H2,1H3/t12-/m1/s1. The molecule has 0 saturated carbocycles. The third kappa shape index (κ3) is 2.36. The number of nitrogens with zero attached hydrogens (tertiary/aromatic N) is 3. The van der Waals surface area contributed by atoms with Gasteiger partial charge in [-0.3, -0.25) is 0 Å². The third-order valence-corrected chi connectivity index (χ3v) is 3.34. The molecule has 1 saturated heterocycles. The van der Waals surface area contributed by atoms with Gasteiger partial charge < -0.3 is 4.90 Å². The van der Waals surface area contributed by atoms with Gasteiger partial charge in [0.15, 0.2) is 0 Å². The first kappa shape index (κ1) is 12.2. The van der Waals surface area contributed by atoms with Crippen molar-refractivity contribution in [3.8, 4) is 12.1 Å². The van der Waals surface area contributed by atoms with Gasteiger partial charge in [0.05, 0.1) is 0 Å². The molecule has 1 aromatic carbocycles. The molecule has 3 nitrogen and oxygen atoms in total. The Bertz CT molecular complexity index is 530. The first-order chi connectivity index (χ1) is 8.76. The molecule has 3 heteroatoms. The molecule has 0 N–H and O–H groups in total. The summed E-state index contributed by atoms with van der Waals surface area (Å²) >= 11 is 0. The number of allylic oxidation sites excluding steroid dienone is 1. The lowest BCUT2D eigenvalue weighted by molar-refractivity contribution is 0.734. The SMILES string of the molecule is C[C@@H]1CCCN1c1ccccc1C=C(C#N)C#N. The highest BCUT2D eigenvalue weighted by molar-refractivity contribution is 5.73. The van der Waals surface area contributed by atoms with Crippen LogP contribution in [-0.2, 0) is 0 Å². The first-order valence-corrected chi connectivity index (χ1v) is 6.14. The van der Waals surface area contributed by atoms with E-state index in [1.165, 1.54) is 12.8 Å². The fourth-order valence-electron chi connectivity index (χ4n) is 2.41. The Morgan fingerprint density at radius 3 is 2.67 bits per heavy atom. The average Bonchev–Trinajstić information content (AvgIpc) is 2.82. The predicted molar refractivity (Wildman–Crippen MR) is 71.7 cm³/mol. The van der Waals surface area contributed by atoms with E-state index in [0.717, 1.165) is 17.8 Å². The number of hydrogen-bond acceptors (Lipinski definition) is 3. The van der Waals surface area contributed by atoms with Crippen molar-refractivity contribution in [3.05, 3.63) is 35.4 Å². The number of hydrogen-bond donors (Lipinski definition) is 0. The summed E-state index contributed by atoms with van der Waals surface area (Å²) in [7, 11) is 0. The molecule has 1 aromatic rings. The molecule has 2 rings (SSSR count). The topological polar surface area (TPSA) is 50.8 Å². The van der Waals surface area contributed by atoms with Gasteiger partial charge in [-0.05, 0) is 37.5 Å². The number of anilines is 1. The van der Waals surface area contributed by atoms with Crippen molar-refractivity contribution >= 4 is 11.8 Å². The van der Waals surface area contributed by atoms with Gasteiger partial charge in [0, 0.05) is 18.3 Å². The van der Waals surface area contributed by atoms with E-state index in [2.05, 4.69) is 17.9 Å². The predicted octanol–water partition coefficient (Wildman–Crippen LogP) is 3.11.